The fourth-order valence-corrected chi connectivity index (χ4v) is 7.67. The van der Waals surface area contributed by atoms with E-state index in [1.807, 2.05) is 6.08 Å². The first-order chi connectivity index (χ1) is 18.5. The lowest BCUT2D eigenvalue weighted by Gasteiger charge is -2.41. The maximum Gasteiger partial charge on any atom is 0.192 e. The van der Waals surface area contributed by atoms with Crippen molar-refractivity contribution in [2.24, 2.45) is 0 Å². The van der Waals surface area contributed by atoms with Crippen molar-refractivity contribution in [2.45, 2.75) is 212 Å². The summed E-state index contributed by atoms with van der Waals surface area (Å²) < 4.78 is 13.9. The number of rotatable bonds is 24. The third-order valence-corrected chi connectivity index (χ3v) is 18.8. The summed E-state index contributed by atoms with van der Waals surface area (Å²) >= 11 is 0. The van der Waals surface area contributed by atoms with Crippen LogP contribution in [-0.4, -0.2) is 40.1 Å². The summed E-state index contributed by atoms with van der Waals surface area (Å²) in [5.41, 5.74) is 0. The van der Waals surface area contributed by atoms with E-state index >= 15 is 0 Å². The molecular formula is C35H74O3Si2. The minimum Gasteiger partial charge on any atom is -0.414 e. The predicted molar refractivity (Wildman–Crippen MR) is 185 cm³/mol. The van der Waals surface area contributed by atoms with Crippen LogP contribution in [0, 0.1) is 0 Å². The van der Waals surface area contributed by atoms with Crippen molar-refractivity contribution in [1.82, 2.24) is 0 Å². The first-order valence-corrected chi connectivity index (χ1v) is 22.9. The maximum atomic E-state index is 10.6. The minimum absolute atomic E-state index is 0.0725. The molecule has 0 heterocycles. The van der Waals surface area contributed by atoms with Crippen LogP contribution >= 0.6 is 0 Å². The number of aliphatic hydroxyl groups is 1. The highest BCUT2D eigenvalue weighted by atomic mass is 28.4. The normalized spacial score (nSPS) is 15.7. The van der Waals surface area contributed by atoms with Crippen molar-refractivity contribution in [3.63, 3.8) is 0 Å². The summed E-state index contributed by atoms with van der Waals surface area (Å²) in [6, 6.07) is 0. The molecule has 0 radical (unpaired) electrons. The zero-order valence-electron chi connectivity index (χ0n) is 29.3. The van der Waals surface area contributed by atoms with Crippen LogP contribution in [0.15, 0.2) is 12.7 Å². The summed E-state index contributed by atoms with van der Waals surface area (Å²) in [4.78, 5) is 0. The molecule has 0 aliphatic carbocycles. The van der Waals surface area contributed by atoms with Gasteiger partial charge < -0.3 is 14.0 Å². The molecule has 0 bridgehead atoms. The first-order valence-electron chi connectivity index (χ1n) is 17.1. The van der Waals surface area contributed by atoms with E-state index in [-0.39, 0.29) is 28.4 Å². The van der Waals surface area contributed by atoms with E-state index in [9.17, 15) is 5.11 Å². The highest BCUT2D eigenvalue weighted by Gasteiger charge is 2.41. The minimum atomic E-state index is -1.93. The quantitative estimate of drug-likeness (QED) is 0.0682. The van der Waals surface area contributed by atoms with E-state index in [1.165, 1.54) is 77.0 Å². The summed E-state index contributed by atoms with van der Waals surface area (Å²) in [7, 11) is -3.79. The van der Waals surface area contributed by atoms with Crippen LogP contribution in [0.3, 0.4) is 0 Å². The molecule has 0 saturated carbocycles. The highest BCUT2D eigenvalue weighted by molar-refractivity contribution is 6.74. The largest absolute Gasteiger partial charge is 0.414 e. The van der Waals surface area contributed by atoms with Crippen molar-refractivity contribution in [3.05, 3.63) is 12.7 Å². The van der Waals surface area contributed by atoms with Gasteiger partial charge in [-0.25, -0.2) is 0 Å². The average Bonchev–Trinajstić information content (AvgIpc) is 2.81. The molecule has 0 amide bonds. The molecule has 240 valence electrons. The molecule has 0 aliphatic heterocycles. The Morgan fingerprint density at radius 3 is 1.40 bits per heavy atom. The van der Waals surface area contributed by atoms with E-state index < -0.39 is 16.6 Å². The molecule has 0 aromatic rings. The maximum absolute atomic E-state index is 10.6. The zero-order valence-corrected chi connectivity index (χ0v) is 31.3. The lowest BCUT2D eigenvalue weighted by Crippen LogP contribution is -2.46. The van der Waals surface area contributed by atoms with Gasteiger partial charge in [-0.05, 0) is 68.4 Å². The molecule has 0 aromatic carbocycles. The number of unbranched alkanes of at least 4 members (excludes halogenated alkanes) is 11. The van der Waals surface area contributed by atoms with Crippen LogP contribution in [0.4, 0.5) is 0 Å². The third kappa shape index (κ3) is 17.9. The molecule has 5 heteroatoms. The van der Waals surface area contributed by atoms with Gasteiger partial charge >= 0.3 is 0 Å². The monoisotopic (exact) mass is 599 g/mol. The molecule has 0 aromatic heterocycles. The second-order valence-electron chi connectivity index (χ2n) is 15.7. The fourth-order valence-electron chi connectivity index (χ4n) is 4.85. The predicted octanol–water partition coefficient (Wildman–Crippen LogP) is 12.0. The molecule has 3 atom stereocenters. The molecule has 0 fully saturated rings. The summed E-state index contributed by atoms with van der Waals surface area (Å²) in [5, 5.41) is 11.0. The van der Waals surface area contributed by atoms with E-state index in [4.69, 9.17) is 8.85 Å². The number of hydrogen-bond acceptors (Lipinski definition) is 3. The zero-order chi connectivity index (χ0) is 30.9. The van der Waals surface area contributed by atoms with E-state index in [1.54, 1.807) is 0 Å². The van der Waals surface area contributed by atoms with Crippen LogP contribution in [0.25, 0.3) is 0 Å². The van der Waals surface area contributed by atoms with Gasteiger partial charge in [-0.3, -0.25) is 0 Å². The third-order valence-electron chi connectivity index (χ3n) is 9.70. The Bertz CT molecular complexity index is 634. The fraction of sp³-hybridized carbons (Fsp3) is 0.943. The van der Waals surface area contributed by atoms with Crippen molar-refractivity contribution >= 4 is 16.6 Å². The standard InChI is InChI=1S/C35H74O3Si2/c1-13-15-16-17-18-19-20-21-22-23-24-25-27-32(37-39(9,10)34(3,4)5)28-29-33(30-31(36)26-14-2)38-40(11,12)35(6,7)8/h14,31-33,36H,2,13,15-30H2,1,3-12H3/t31-,32-,33+/m1/s1. The summed E-state index contributed by atoms with van der Waals surface area (Å²) in [6.07, 6.45) is 22.8. The molecule has 0 unspecified atom stereocenters. The van der Waals surface area contributed by atoms with Crippen LogP contribution in [0.1, 0.15) is 158 Å². The molecule has 0 aliphatic rings. The molecule has 1 N–H and O–H groups in total. The molecule has 40 heavy (non-hydrogen) atoms. The van der Waals surface area contributed by atoms with Crippen LogP contribution in [-0.2, 0) is 8.85 Å². The van der Waals surface area contributed by atoms with Crippen molar-refractivity contribution in [2.75, 3.05) is 0 Å². The lowest BCUT2D eigenvalue weighted by molar-refractivity contribution is 0.0684. The summed E-state index contributed by atoms with van der Waals surface area (Å²) in [6.45, 7) is 29.5. The molecule has 3 nitrogen and oxygen atoms in total. The summed E-state index contributed by atoms with van der Waals surface area (Å²) in [5.74, 6) is 0. The highest BCUT2D eigenvalue weighted by Crippen LogP contribution is 2.40. The van der Waals surface area contributed by atoms with Gasteiger partial charge in [-0.2, -0.15) is 0 Å². The van der Waals surface area contributed by atoms with Crippen molar-refractivity contribution < 1.29 is 14.0 Å². The van der Waals surface area contributed by atoms with Gasteiger partial charge in [-0.1, -0.05) is 132 Å². The van der Waals surface area contributed by atoms with Crippen LogP contribution < -0.4 is 0 Å². The van der Waals surface area contributed by atoms with Crippen LogP contribution in [0.2, 0.25) is 36.3 Å². The number of aliphatic hydroxyl groups excluding tert-OH is 1. The smallest absolute Gasteiger partial charge is 0.192 e. The van der Waals surface area contributed by atoms with Crippen molar-refractivity contribution in [3.8, 4) is 0 Å². The Kier molecular flexibility index (Phi) is 20.1. The Hall–Kier alpha value is 0.0538. The first kappa shape index (κ1) is 40.1. The van der Waals surface area contributed by atoms with E-state index in [2.05, 4.69) is 81.2 Å². The number of hydrogen-bond donors (Lipinski definition) is 1. The van der Waals surface area contributed by atoms with Gasteiger partial charge in [-0.15, -0.1) is 6.58 Å². The van der Waals surface area contributed by atoms with E-state index in [0.717, 1.165) is 19.3 Å². The molecule has 0 rings (SSSR count). The van der Waals surface area contributed by atoms with Crippen LogP contribution in [0.5, 0.6) is 0 Å². The Balaban J connectivity index is 5.01. The van der Waals surface area contributed by atoms with Gasteiger partial charge in [0.05, 0.1) is 6.10 Å². The Morgan fingerprint density at radius 1 is 0.625 bits per heavy atom. The molecule has 0 spiro atoms. The van der Waals surface area contributed by atoms with Crippen molar-refractivity contribution in [1.29, 1.82) is 0 Å². The second-order valence-corrected chi connectivity index (χ2v) is 25.2. The lowest BCUT2D eigenvalue weighted by atomic mass is 9.99. The second kappa shape index (κ2) is 20.1. The van der Waals surface area contributed by atoms with Gasteiger partial charge in [0.25, 0.3) is 0 Å². The Morgan fingerprint density at radius 2 is 1.00 bits per heavy atom. The topological polar surface area (TPSA) is 38.7 Å². The molecule has 0 saturated heterocycles. The van der Waals surface area contributed by atoms with E-state index in [0.29, 0.717) is 12.8 Å². The van der Waals surface area contributed by atoms with Gasteiger partial charge in [0, 0.05) is 12.2 Å². The SMILES string of the molecule is C=CC[C@@H](O)C[C@H](CC[C@@H](CCCCCCCCCCCCCC)O[Si](C)(C)C(C)(C)C)O[Si](C)(C)C(C)(C)C. The van der Waals surface area contributed by atoms with Gasteiger partial charge in [0.15, 0.2) is 16.6 Å². The van der Waals surface area contributed by atoms with Gasteiger partial charge in [0.1, 0.15) is 0 Å². The molecular weight excluding hydrogens is 525 g/mol. The average molecular weight is 599 g/mol. The Labute approximate surface area is 254 Å². The van der Waals surface area contributed by atoms with Gasteiger partial charge in [0.2, 0.25) is 0 Å².